The fraction of sp³-hybridized carbons (Fsp3) is 0.500. The molecular weight excluding hydrogens is 236 g/mol. The summed E-state index contributed by atoms with van der Waals surface area (Å²) in [4.78, 5) is 19.7. The number of aromatic amines is 1. The van der Waals surface area contributed by atoms with Gasteiger partial charge in [0.2, 0.25) is 0 Å². The highest BCUT2D eigenvalue weighted by atomic mass is 16.1. The van der Waals surface area contributed by atoms with Crippen molar-refractivity contribution in [2.75, 3.05) is 0 Å². The molecule has 1 aliphatic carbocycles. The monoisotopic (exact) mass is 256 g/mol. The molecule has 1 saturated carbocycles. The molecule has 0 bridgehead atoms. The van der Waals surface area contributed by atoms with E-state index in [0.717, 1.165) is 16.5 Å². The van der Waals surface area contributed by atoms with Gasteiger partial charge in [0, 0.05) is 41.5 Å². The summed E-state index contributed by atoms with van der Waals surface area (Å²) in [5, 5.41) is 0.959. The number of rotatable bonds is 3. The number of H-pyrrole nitrogens is 1. The summed E-state index contributed by atoms with van der Waals surface area (Å²) in [6.45, 7) is 0. The molecule has 1 N–H and O–H groups in total. The summed E-state index contributed by atoms with van der Waals surface area (Å²) in [7, 11) is 0. The number of nitrogens with zero attached hydrogens (tertiary/aromatic N) is 1. The third-order valence-corrected chi connectivity index (χ3v) is 4.23. The van der Waals surface area contributed by atoms with E-state index in [-0.39, 0.29) is 5.78 Å². The lowest BCUT2D eigenvalue weighted by Gasteiger charge is -2.12. The normalized spacial score (nSPS) is 17.5. The molecule has 1 aliphatic rings. The summed E-state index contributed by atoms with van der Waals surface area (Å²) in [5.41, 5.74) is 1.81. The van der Waals surface area contributed by atoms with E-state index in [2.05, 4.69) is 9.97 Å². The van der Waals surface area contributed by atoms with Gasteiger partial charge in [-0.05, 0) is 12.0 Å². The van der Waals surface area contributed by atoms with Gasteiger partial charge in [0.15, 0.2) is 5.78 Å². The number of hydrogen-bond acceptors (Lipinski definition) is 2. The average Bonchev–Trinajstić information content (AvgIpc) is 2.70. The number of fused-ring (bicyclic) bond motifs is 1. The van der Waals surface area contributed by atoms with Gasteiger partial charge < -0.3 is 4.98 Å². The Bertz CT molecular complexity index is 565. The van der Waals surface area contributed by atoms with E-state index >= 15 is 0 Å². The van der Waals surface area contributed by atoms with Crippen molar-refractivity contribution in [3.05, 3.63) is 30.2 Å². The predicted molar refractivity (Wildman–Crippen MR) is 76.2 cm³/mol. The highest BCUT2D eigenvalue weighted by molar-refractivity contribution is 6.07. The molecule has 0 saturated heterocycles. The van der Waals surface area contributed by atoms with Gasteiger partial charge >= 0.3 is 0 Å². The van der Waals surface area contributed by atoms with Crippen LogP contribution in [0.3, 0.4) is 0 Å². The summed E-state index contributed by atoms with van der Waals surface area (Å²) < 4.78 is 0. The Labute approximate surface area is 113 Å². The molecule has 0 aromatic carbocycles. The van der Waals surface area contributed by atoms with Crippen molar-refractivity contribution in [1.82, 2.24) is 9.97 Å². The molecule has 2 aromatic heterocycles. The van der Waals surface area contributed by atoms with E-state index < -0.39 is 0 Å². The zero-order valence-corrected chi connectivity index (χ0v) is 11.2. The van der Waals surface area contributed by atoms with Crippen LogP contribution in [-0.2, 0) is 0 Å². The molecule has 3 heteroatoms. The van der Waals surface area contributed by atoms with Crippen LogP contribution in [0.15, 0.2) is 24.7 Å². The van der Waals surface area contributed by atoms with Crippen molar-refractivity contribution >= 4 is 16.7 Å². The second-order valence-corrected chi connectivity index (χ2v) is 5.61. The lowest BCUT2D eigenvalue weighted by atomic mass is 9.92. The maximum atomic E-state index is 12.5. The van der Waals surface area contributed by atoms with Crippen molar-refractivity contribution in [2.45, 2.75) is 44.9 Å². The smallest absolute Gasteiger partial charge is 0.165 e. The fourth-order valence-corrected chi connectivity index (χ4v) is 3.13. The number of aromatic nitrogens is 2. The Balaban J connectivity index is 1.76. The van der Waals surface area contributed by atoms with Gasteiger partial charge in [-0.25, -0.2) is 0 Å². The standard InChI is InChI=1S/C16H20N2O/c19-16(9-12-5-3-1-2-4-6-12)14-11-18-15-7-8-17-10-13(14)15/h7-8,10-12,18H,1-6,9H2. The molecule has 19 heavy (non-hydrogen) atoms. The first-order valence-electron chi connectivity index (χ1n) is 7.29. The third kappa shape index (κ3) is 2.70. The minimum Gasteiger partial charge on any atom is -0.360 e. The van der Waals surface area contributed by atoms with Gasteiger partial charge in [-0.2, -0.15) is 0 Å². The largest absolute Gasteiger partial charge is 0.360 e. The molecule has 0 atom stereocenters. The Morgan fingerprint density at radius 3 is 2.84 bits per heavy atom. The van der Waals surface area contributed by atoms with Gasteiger partial charge in [0.1, 0.15) is 0 Å². The van der Waals surface area contributed by atoms with Crippen LogP contribution in [0.2, 0.25) is 0 Å². The number of hydrogen-bond donors (Lipinski definition) is 1. The quantitative estimate of drug-likeness (QED) is 0.663. The van der Waals surface area contributed by atoms with E-state index in [4.69, 9.17) is 0 Å². The number of nitrogens with one attached hydrogen (secondary N) is 1. The number of pyridine rings is 1. The summed E-state index contributed by atoms with van der Waals surface area (Å²) in [6, 6.07) is 1.91. The molecule has 2 heterocycles. The van der Waals surface area contributed by atoms with Crippen molar-refractivity contribution in [1.29, 1.82) is 0 Å². The molecule has 0 radical (unpaired) electrons. The van der Waals surface area contributed by atoms with Crippen LogP contribution in [-0.4, -0.2) is 15.8 Å². The zero-order valence-electron chi connectivity index (χ0n) is 11.2. The molecule has 3 rings (SSSR count). The number of Topliss-reactive ketones (excluding diaryl/α,β-unsaturated/α-hetero) is 1. The van der Waals surface area contributed by atoms with Crippen molar-refractivity contribution in [3.8, 4) is 0 Å². The number of carbonyl (C=O) groups excluding carboxylic acids is 1. The van der Waals surface area contributed by atoms with Crippen LogP contribution in [0.4, 0.5) is 0 Å². The van der Waals surface area contributed by atoms with Gasteiger partial charge in [-0.15, -0.1) is 0 Å². The molecular formula is C16H20N2O. The Morgan fingerprint density at radius 2 is 2.05 bits per heavy atom. The predicted octanol–water partition coefficient (Wildman–Crippen LogP) is 4.11. The highest BCUT2D eigenvalue weighted by Crippen LogP contribution is 2.28. The first-order valence-corrected chi connectivity index (χ1v) is 7.29. The molecule has 0 amide bonds. The van der Waals surface area contributed by atoms with Gasteiger partial charge in [-0.3, -0.25) is 9.78 Å². The van der Waals surface area contributed by atoms with Crippen LogP contribution in [0.5, 0.6) is 0 Å². The van der Waals surface area contributed by atoms with Crippen molar-refractivity contribution in [2.24, 2.45) is 5.92 Å². The maximum absolute atomic E-state index is 12.5. The third-order valence-electron chi connectivity index (χ3n) is 4.23. The van der Waals surface area contributed by atoms with Gasteiger partial charge in [-0.1, -0.05) is 38.5 Å². The van der Waals surface area contributed by atoms with E-state index in [9.17, 15) is 4.79 Å². The van der Waals surface area contributed by atoms with Crippen LogP contribution in [0.1, 0.15) is 55.3 Å². The van der Waals surface area contributed by atoms with Gasteiger partial charge in [0.25, 0.3) is 0 Å². The minimum absolute atomic E-state index is 0.270. The topological polar surface area (TPSA) is 45.8 Å². The van der Waals surface area contributed by atoms with E-state index in [1.807, 2.05) is 12.3 Å². The molecule has 1 fully saturated rings. The number of ketones is 1. The van der Waals surface area contributed by atoms with Crippen LogP contribution < -0.4 is 0 Å². The fourth-order valence-electron chi connectivity index (χ4n) is 3.13. The molecule has 100 valence electrons. The van der Waals surface area contributed by atoms with Gasteiger partial charge in [0.05, 0.1) is 0 Å². The van der Waals surface area contributed by atoms with Crippen LogP contribution in [0, 0.1) is 5.92 Å². The lowest BCUT2D eigenvalue weighted by molar-refractivity contribution is 0.0958. The van der Waals surface area contributed by atoms with E-state index in [1.54, 1.807) is 12.4 Å². The Hall–Kier alpha value is -1.64. The van der Waals surface area contributed by atoms with E-state index in [1.165, 1.54) is 38.5 Å². The Morgan fingerprint density at radius 1 is 1.26 bits per heavy atom. The second kappa shape index (κ2) is 5.55. The average molecular weight is 256 g/mol. The second-order valence-electron chi connectivity index (χ2n) is 5.61. The number of carbonyl (C=O) groups is 1. The highest BCUT2D eigenvalue weighted by Gasteiger charge is 2.19. The van der Waals surface area contributed by atoms with Crippen molar-refractivity contribution < 1.29 is 4.79 Å². The molecule has 0 aliphatic heterocycles. The molecule has 0 unspecified atom stereocenters. The van der Waals surface area contributed by atoms with Crippen molar-refractivity contribution in [3.63, 3.8) is 0 Å². The van der Waals surface area contributed by atoms with E-state index in [0.29, 0.717) is 12.3 Å². The summed E-state index contributed by atoms with van der Waals surface area (Å²) in [5.74, 6) is 0.850. The summed E-state index contributed by atoms with van der Waals surface area (Å²) in [6.07, 6.45) is 13.7. The first-order chi connectivity index (χ1) is 9.34. The zero-order chi connectivity index (χ0) is 13.1. The lowest BCUT2D eigenvalue weighted by Crippen LogP contribution is -2.08. The SMILES string of the molecule is O=C(CC1CCCCCC1)c1c[nH]c2ccncc12. The first kappa shape index (κ1) is 12.4. The Kier molecular flexibility index (Phi) is 3.62. The minimum atomic E-state index is 0.270. The van der Waals surface area contributed by atoms with Crippen LogP contribution in [0.25, 0.3) is 10.9 Å². The van der Waals surface area contributed by atoms with Crippen LogP contribution >= 0.6 is 0 Å². The molecule has 3 nitrogen and oxygen atoms in total. The summed E-state index contributed by atoms with van der Waals surface area (Å²) >= 11 is 0. The molecule has 0 spiro atoms. The maximum Gasteiger partial charge on any atom is 0.165 e. The molecule has 2 aromatic rings.